The number of rotatable bonds is 5. The van der Waals surface area contributed by atoms with Gasteiger partial charge in [0.15, 0.2) is 5.69 Å². The Balaban J connectivity index is 2.56. The molecule has 0 aromatic carbocycles. The summed E-state index contributed by atoms with van der Waals surface area (Å²) < 4.78 is 11.8. The van der Waals surface area contributed by atoms with Crippen LogP contribution in [0.15, 0.2) is 11.1 Å². The van der Waals surface area contributed by atoms with Crippen molar-refractivity contribution in [1.29, 1.82) is 0 Å². The van der Waals surface area contributed by atoms with E-state index in [0.717, 1.165) is 4.68 Å². The fraction of sp³-hybridized carbons (Fsp3) is 0.538. The number of ether oxygens (including phenoxy) is 2. The second-order valence-electron chi connectivity index (χ2n) is 4.99. The monoisotopic (exact) mass is 337 g/mol. The van der Waals surface area contributed by atoms with Crippen molar-refractivity contribution < 1.29 is 14.3 Å². The third-order valence-electron chi connectivity index (χ3n) is 3.33. The summed E-state index contributed by atoms with van der Waals surface area (Å²) in [6.45, 7) is 5.92. The lowest BCUT2D eigenvalue weighted by atomic mass is 10.3. The number of hydrogen-bond acceptors (Lipinski definition) is 8. The molecule has 2 aromatic heterocycles. The number of aromatic nitrogens is 6. The van der Waals surface area contributed by atoms with Gasteiger partial charge in [-0.2, -0.15) is 9.97 Å². The van der Waals surface area contributed by atoms with Gasteiger partial charge in [0, 0.05) is 12.6 Å². The number of tetrazole rings is 1. The van der Waals surface area contributed by atoms with E-state index in [1.165, 1.54) is 25.4 Å². The Morgan fingerprint density at radius 3 is 2.25 bits per heavy atom. The van der Waals surface area contributed by atoms with Crippen molar-refractivity contribution in [3.63, 3.8) is 0 Å². The lowest BCUT2D eigenvalue weighted by Crippen LogP contribution is -2.44. The zero-order valence-corrected chi connectivity index (χ0v) is 14.1. The first kappa shape index (κ1) is 17.4. The molecule has 0 radical (unpaired) electrons. The van der Waals surface area contributed by atoms with Crippen LogP contribution < -0.4 is 15.2 Å². The number of amides is 1. The molecule has 0 saturated heterocycles. The largest absolute Gasteiger partial charge is 0.479 e. The van der Waals surface area contributed by atoms with E-state index < -0.39 is 11.7 Å². The van der Waals surface area contributed by atoms with E-state index >= 15 is 0 Å². The molecule has 0 bridgehead atoms. The maximum absolute atomic E-state index is 12.6. The molecule has 24 heavy (non-hydrogen) atoms. The first-order chi connectivity index (χ1) is 11.5. The molecule has 0 saturated carbocycles. The molecule has 0 atom stereocenters. The third kappa shape index (κ3) is 2.92. The van der Waals surface area contributed by atoms with Crippen molar-refractivity contribution >= 4 is 6.03 Å². The second kappa shape index (κ2) is 7.06. The van der Waals surface area contributed by atoms with Gasteiger partial charge in [0.25, 0.3) is 0 Å². The highest BCUT2D eigenvalue weighted by atomic mass is 16.5. The summed E-state index contributed by atoms with van der Waals surface area (Å²) in [6.07, 6.45) is 1.22. The molecule has 0 aliphatic heterocycles. The molecular formula is C13H19N7O4. The van der Waals surface area contributed by atoms with Gasteiger partial charge in [-0.25, -0.2) is 9.59 Å². The van der Waals surface area contributed by atoms with E-state index in [1.54, 1.807) is 0 Å². The number of carbonyl (C=O) groups excluding carboxylic acids is 1. The summed E-state index contributed by atoms with van der Waals surface area (Å²) in [7, 11) is 2.76. The SMILES string of the molecule is CCN(C(=O)n1nnn(-c2c(OC)ncnc2OC)c1=O)C(C)C. The number of nitrogens with zero attached hydrogens (tertiary/aromatic N) is 7. The van der Waals surface area contributed by atoms with Crippen LogP contribution in [0.1, 0.15) is 20.8 Å². The van der Waals surface area contributed by atoms with Crippen LogP contribution in [0.4, 0.5) is 4.79 Å². The minimum absolute atomic E-state index is 0.0687. The minimum Gasteiger partial charge on any atom is -0.479 e. The van der Waals surface area contributed by atoms with Gasteiger partial charge < -0.3 is 14.4 Å². The summed E-state index contributed by atoms with van der Waals surface area (Å²) in [5, 5.41) is 7.38. The van der Waals surface area contributed by atoms with Gasteiger partial charge >= 0.3 is 11.7 Å². The van der Waals surface area contributed by atoms with Crippen molar-refractivity contribution in [2.75, 3.05) is 20.8 Å². The fourth-order valence-corrected chi connectivity index (χ4v) is 2.18. The van der Waals surface area contributed by atoms with Crippen molar-refractivity contribution in [2.45, 2.75) is 26.8 Å². The lowest BCUT2D eigenvalue weighted by Gasteiger charge is -2.23. The van der Waals surface area contributed by atoms with Crippen LogP contribution in [0.3, 0.4) is 0 Å². The molecule has 2 aromatic rings. The van der Waals surface area contributed by atoms with Crippen LogP contribution in [0.2, 0.25) is 0 Å². The highest BCUT2D eigenvalue weighted by Crippen LogP contribution is 2.25. The smallest absolute Gasteiger partial charge is 0.377 e. The molecule has 130 valence electrons. The van der Waals surface area contributed by atoms with E-state index in [9.17, 15) is 9.59 Å². The normalized spacial score (nSPS) is 10.8. The maximum atomic E-state index is 12.6. The Morgan fingerprint density at radius 2 is 1.79 bits per heavy atom. The molecule has 0 aliphatic rings. The molecule has 0 N–H and O–H groups in total. The van der Waals surface area contributed by atoms with E-state index in [1.807, 2.05) is 20.8 Å². The van der Waals surface area contributed by atoms with Gasteiger partial charge in [0.05, 0.1) is 14.2 Å². The third-order valence-corrected chi connectivity index (χ3v) is 3.33. The molecule has 2 rings (SSSR count). The van der Waals surface area contributed by atoms with Gasteiger partial charge in [0.1, 0.15) is 6.33 Å². The maximum Gasteiger partial charge on any atom is 0.377 e. The summed E-state index contributed by atoms with van der Waals surface area (Å²) >= 11 is 0. The standard InChI is InChI=1S/C13H19N7O4/c1-6-18(8(2)3)12(21)20-13(22)19(16-17-20)9-10(23-4)14-7-15-11(9)24-5/h7-8H,6H2,1-5H3. The number of hydrogen-bond donors (Lipinski definition) is 0. The van der Waals surface area contributed by atoms with Crippen LogP contribution in [-0.4, -0.2) is 67.5 Å². The molecular weight excluding hydrogens is 318 g/mol. The van der Waals surface area contributed by atoms with Crippen molar-refractivity contribution in [2.24, 2.45) is 0 Å². The van der Waals surface area contributed by atoms with Crippen LogP contribution in [-0.2, 0) is 0 Å². The Morgan fingerprint density at radius 1 is 1.21 bits per heavy atom. The van der Waals surface area contributed by atoms with Crippen LogP contribution in [0, 0.1) is 0 Å². The summed E-state index contributed by atoms with van der Waals surface area (Å²) in [4.78, 5) is 34.4. The van der Waals surface area contributed by atoms with Crippen LogP contribution in [0.25, 0.3) is 5.69 Å². The molecule has 0 fully saturated rings. The number of carbonyl (C=O) groups is 1. The molecule has 0 unspecified atom stereocenters. The van der Waals surface area contributed by atoms with Crippen molar-refractivity contribution in [1.82, 2.24) is 34.7 Å². The quantitative estimate of drug-likeness (QED) is 0.696. The highest BCUT2D eigenvalue weighted by molar-refractivity contribution is 5.75. The van der Waals surface area contributed by atoms with Crippen molar-refractivity contribution in [3.8, 4) is 17.4 Å². The van der Waals surface area contributed by atoms with Crippen LogP contribution in [0.5, 0.6) is 11.8 Å². The van der Waals surface area contributed by atoms with E-state index in [2.05, 4.69) is 20.4 Å². The van der Waals surface area contributed by atoms with E-state index in [0.29, 0.717) is 11.2 Å². The molecule has 0 spiro atoms. The van der Waals surface area contributed by atoms with Gasteiger partial charge in [-0.15, -0.1) is 9.36 Å². The predicted molar refractivity (Wildman–Crippen MR) is 82.6 cm³/mol. The first-order valence-electron chi connectivity index (χ1n) is 7.25. The Bertz CT molecular complexity index is 761. The Hall–Kier alpha value is -2.98. The zero-order valence-electron chi connectivity index (χ0n) is 14.1. The predicted octanol–water partition coefficient (Wildman–Crippen LogP) is -0.0654. The highest BCUT2D eigenvalue weighted by Gasteiger charge is 2.25. The van der Waals surface area contributed by atoms with E-state index in [-0.39, 0.29) is 23.5 Å². The molecule has 1 amide bonds. The fourth-order valence-electron chi connectivity index (χ4n) is 2.18. The second-order valence-corrected chi connectivity index (χ2v) is 4.99. The zero-order chi connectivity index (χ0) is 17.9. The van der Waals surface area contributed by atoms with Gasteiger partial charge in [-0.1, -0.05) is 0 Å². The Labute approximate surface area is 137 Å². The molecule has 11 heteroatoms. The van der Waals surface area contributed by atoms with Crippen molar-refractivity contribution in [3.05, 3.63) is 16.8 Å². The van der Waals surface area contributed by atoms with Crippen LogP contribution >= 0.6 is 0 Å². The molecule has 11 nitrogen and oxygen atoms in total. The Kier molecular flexibility index (Phi) is 5.11. The van der Waals surface area contributed by atoms with Gasteiger partial charge in [-0.05, 0) is 31.2 Å². The first-order valence-corrected chi connectivity index (χ1v) is 7.25. The summed E-state index contributed by atoms with van der Waals surface area (Å²) in [6, 6.07) is -0.665. The summed E-state index contributed by atoms with van der Waals surface area (Å²) in [5.74, 6) is 0.138. The topological polar surface area (TPSA) is 117 Å². The number of methoxy groups -OCH3 is 2. The summed E-state index contributed by atoms with van der Waals surface area (Å²) in [5.41, 5.74) is -0.704. The van der Waals surface area contributed by atoms with E-state index in [4.69, 9.17) is 9.47 Å². The minimum atomic E-state index is -0.773. The average Bonchev–Trinajstić information content (AvgIpc) is 2.95. The molecule has 0 aliphatic carbocycles. The van der Waals surface area contributed by atoms with Gasteiger partial charge in [0.2, 0.25) is 11.8 Å². The lowest BCUT2D eigenvalue weighted by molar-refractivity contribution is 0.183. The van der Waals surface area contributed by atoms with Gasteiger partial charge in [-0.3, -0.25) is 0 Å². The average molecular weight is 337 g/mol. The molecule has 2 heterocycles.